The highest BCUT2D eigenvalue weighted by molar-refractivity contribution is 4.74. The maximum Gasteiger partial charge on any atom is 0.0244 e. The molecule has 2 nitrogen and oxygen atoms in total. The van der Waals surface area contributed by atoms with Crippen molar-refractivity contribution in [2.75, 3.05) is 13.6 Å². The van der Waals surface area contributed by atoms with E-state index < -0.39 is 0 Å². The molecular formula is C7H20N2. The van der Waals surface area contributed by atoms with Crippen molar-refractivity contribution < 1.29 is 0 Å². The summed E-state index contributed by atoms with van der Waals surface area (Å²) in [6, 6.07) is 0. The molecule has 0 unspecified atom stereocenters. The van der Waals surface area contributed by atoms with Gasteiger partial charge in [-0.15, -0.1) is 0 Å². The predicted molar refractivity (Wildman–Crippen MR) is 43.5 cm³/mol. The van der Waals surface area contributed by atoms with Crippen molar-refractivity contribution in [1.29, 1.82) is 0 Å². The second-order valence-electron chi connectivity index (χ2n) is 2.34. The molecule has 0 saturated carbocycles. The van der Waals surface area contributed by atoms with Crippen LogP contribution in [0.25, 0.3) is 0 Å². The summed E-state index contributed by atoms with van der Waals surface area (Å²) in [5, 5.41) is 3.07. The van der Waals surface area contributed by atoms with E-state index in [0.717, 1.165) is 0 Å². The van der Waals surface area contributed by atoms with Crippen LogP contribution in [-0.2, 0) is 0 Å². The van der Waals surface area contributed by atoms with Crippen LogP contribution in [0.4, 0.5) is 0 Å². The molecule has 3 N–H and O–H groups in total. The third-order valence-electron chi connectivity index (χ3n) is 1.19. The average molecular weight is 132 g/mol. The van der Waals surface area contributed by atoms with Crippen molar-refractivity contribution in [3.8, 4) is 0 Å². The van der Waals surface area contributed by atoms with E-state index in [-0.39, 0.29) is 5.54 Å². The van der Waals surface area contributed by atoms with E-state index in [0.29, 0.717) is 6.54 Å². The van der Waals surface area contributed by atoms with Crippen molar-refractivity contribution in [1.82, 2.24) is 5.32 Å². The second-order valence-corrected chi connectivity index (χ2v) is 2.34. The Hall–Kier alpha value is -0.0800. The average Bonchev–Trinajstić information content (AvgIpc) is 1.93. The maximum absolute atomic E-state index is 5.35. The van der Waals surface area contributed by atoms with E-state index in [1.54, 1.807) is 0 Å². The molecule has 0 atom stereocenters. The Labute approximate surface area is 58.8 Å². The Kier molecular flexibility index (Phi) is 7.85. The largest absolute Gasteiger partial charge is 0.329 e. The first-order chi connectivity index (χ1) is 4.12. The zero-order valence-corrected chi connectivity index (χ0v) is 7.28. The maximum atomic E-state index is 5.35. The summed E-state index contributed by atoms with van der Waals surface area (Å²) >= 11 is 0. The monoisotopic (exact) mass is 132 g/mol. The molecule has 0 radical (unpaired) electrons. The molecule has 0 aliphatic rings. The van der Waals surface area contributed by atoms with Gasteiger partial charge in [0, 0.05) is 12.1 Å². The van der Waals surface area contributed by atoms with Crippen LogP contribution in [0.15, 0.2) is 0 Å². The zero-order valence-electron chi connectivity index (χ0n) is 7.28. The van der Waals surface area contributed by atoms with Gasteiger partial charge in [-0.25, -0.2) is 0 Å². The van der Waals surface area contributed by atoms with Gasteiger partial charge in [-0.3, -0.25) is 0 Å². The molecule has 0 aromatic carbocycles. The van der Waals surface area contributed by atoms with E-state index in [4.69, 9.17) is 5.73 Å². The molecular weight excluding hydrogens is 112 g/mol. The molecule has 0 spiro atoms. The lowest BCUT2D eigenvalue weighted by Gasteiger charge is -2.20. The van der Waals surface area contributed by atoms with Crippen LogP contribution in [0, 0.1) is 0 Å². The van der Waals surface area contributed by atoms with Gasteiger partial charge in [0.25, 0.3) is 0 Å². The molecule has 0 saturated heterocycles. The van der Waals surface area contributed by atoms with Gasteiger partial charge in [0.1, 0.15) is 0 Å². The fourth-order valence-corrected chi connectivity index (χ4v) is 0.102. The predicted octanol–water partition coefficient (Wildman–Crippen LogP) is 0.969. The molecule has 0 bridgehead atoms. The molecule has 58 valence electrons. The topological polar surface area (TPSA) is 38.0 Å². The van der Waals surface area contributed by atoms with Crippen molar-refractivity contribution in [3.63, 3.8) is 0 Å². The molecule has 0 aromatic rings. The van der Waals surface area contributed by atoms with Crippen molar-refractivity contribution >= 4 is 0 Å². The lowest BCUT2D eigenvalue weighted by molar-refractivity contribution is 0.436. The van der Waals surface area contributed by atoms with E-state index >= 15 is 0 Å². The highest BCUT2D eigenvalue weighted by Gasteiger charge is 2.09. The number of nitrogens with two attached hydrogens (primary N) is 1. The third kappa shape index (κ3) is 7.92. The van der Waals surface area contributed by atoms with E-state index in [1.165, 1.54) is 0 Å². The minimum absolute atomic E-state index is 0.111. The third-order valence-corrected chi connectivity index (χ3v) is 1.19. The van der Waals surface area contributed by atoms with Gasteiger partial charge in [-0.1, -0.05) is 13.8 Å². The first kappa shape index (κ1) is 11.7. The van der Waals surface area contributed by atoms with Gasteiger partial charge in [0.15, 0.2) is 0 Å². The first-order valence-electron chi connectivity index (χ1n) is 3.51. The summed E-state index contributed by atoms with van der Waals surface area (Å²) < 4.78 is 0. The van der Waals surface area contributed by atoms with Crippen LogP contribution in [0.3, 0.4) is 0 Å². The SMILES string of the molecule is CC.CNC(C)(C)CN. The number of hydrogen-bond donors (Lipinski definition) is 2. The minimum Gasteiger partial charge on any atom is -0.329 e. The molecule has 0 heterocycles. The van der Waals surface area contributed by atoms with Crippen LogP contribution in [0.5, 0.6) is 0 Å². The van der Waals surface area contributed by atoms with Crippen molar-refractivity contribution in [3.05, 3.63) is 0 Å². The molecule has 0 amide bonds. The lowest BCUT2D eigenvalue weighted by atomic mass is 10.1. The summed E-state index contributed by atoms with van der Waals surface area (Å²) in [5.41, 5.74) is 5.47. The molecule has 0 aromatic heterocycles. The Morgan fingerprint density at radius 3 is 1.67 bits per heavy atom. The van der Waals surface area contributed by atoms with Gasteiger partial charge in [0.05, 0.1) is 0 Å². The van der Waals surface area contributed by atoms with Gasteiger partial charge >= 0.3 is 0 Å². The lowest BCUT2D eigenvalue weighted by Crippen LogP contribution is -2.43. The van der Waals surface area contributed by atoms with Crippen molar-refractivity contribution in [2.45, 2.75) is 33.2 Å². The van der Waals surface area contributed by atoms with Gasteiger partial charge in [-0.2, -0.15) is 0 Å². The van der Waals surface area contributed by atoms with Gasteiger partial charge in [-0.05, 0) is 20.9 Å². The number of nitrogens with one attached hydrogen (secondary N) is 1. The van der Waals surface area contributed by atoms with Crippen LogP contribution in [-0.4, -0.2) is 19.1 Å². The Bertz CT molecular complexity index is 44.9. The smallest absolute Gasteiger partial charge is 0.0244 e. The Morgan fingerprint density at radius 1 is 1.33 bits per heavy atom. The highest BCUT2D eigenvalue weighted by Crippen LogP contribution is 1.93. The highest BCUT2D eigenvalue weighted by atomic mass is 14.9. The molecule has 2 heteroatoms. The normalized spacial score (nSPS) is 10.0. The molecule has 9 heavy (non-hydrogen) atoms. The van der Waals surface area contributed by atoms with Crippen molar-refractivity contribution in [2.24, 2.45) is 5.73 Å². The second kappa shape index (κ2) is 6.05. The fourth-order valence-electron chi connectivity index (χ4n) is 0.102. The summed E-state index contributed by atoms with van der Waals surface area (Å²) in [7, 11) is 1.91. The summed E-state index contributed by atoms with van der Waals surface area (Å²) in [6.07, 6.45) is 0. The summed E-state index contributed by atoms with van der Waals surface area (Å²) in [4.78, 5) is 0. The minimum atomic E-state index is 0.111. The Balaban J connectivity index is 0. The summed E-state index contributed by atoms with van der Waals surface area (Å²) in [6.45, 7) is 8.81. The molecule has 0 aliphatic heterocycles. The molecule has 0 aliphatic carbocycles. The molecule has 0 fully saturated rings. The van der Waals surface area contributed by atoms with E-state index in [2.05, 4.69) is 19.2 Å². The van der Waals surface area contributed by atoms with Gasteiger partial charge in [0.2, 0.25) is 0 Å². The van der Waals surface area contributed by atoms with Crippen LogP contribution in [0.1, 0.15) is 27.7 Å². The van der Waals surface area contributed by atoms with Crippen LogP contribution >= 0.6 is 0 Å². The summed E-state index contributed by atoms with van der Waals surface area (Å²) in [5.74, 6) is 0. The number of rotatable bonds is 2. The van der Waals surface area contributed by atoms with Crippen LogP contribution < -0.4 is 11.1 Å². The zero-order chi connectivity index (χ0) is 7.91. The standard InChI is InChI=1S/C5H14N2.C2H6/c1-5(2,4-6)7-3;1-2/h7H,4,6H2,1-3H3;1-2H3. The van der Waals surface area contributed by atoms with E-state index in [1.807, 2.05) is 20.9 Å². The fraction of sp³-hybridized carbons (Fsp3) is 1.00. The van der Waals surface area contributed by atoms with Crippen LogP contribution in [0.2, 0.25) is 0 Å². The van der Waals surface area contributed by atoms with Gasteiger partial charge < -0.3 is 11.1 Å². The number of likely N-dealkylation sites (N-methyl/N-ethyl adjacent to an activating group) is 1. The Morgan fingerprint density at radius 2 is 1.67 bits per heavy atom. The number of hydrogen-bond acceptors (Lipinski definition) is 2. The molecule has 0 rings (SSSR count). The van der Waals surface area contributed by atoms with E-state index in [9.17, 15) is 0 Å². The quantitative estimate of drug-likeness (QED) is 0.587. The first-order valence-corrected chi connectivity index (χ1v) is 3.51.